The minimum atomic E-state index is 0.473. The van der Waals surface area contributed by atoms with Crippen molar-refractivity contribution in [1.29, 1.82) is 0 Å². The van der Waals surface area contributed by atoms with Crippen LogP contribution in [0.3, 0.4) is 0 Å². The molecule has 0 atom stereocenters. The maximum atomic E-state index is 5.73. The fourth-order valence-electron chi connectivity index (χ4n) is 1.53. The molecule has 0 spiro atoms. The highest BCUT2D eigenvalue weighted by atomic mass is 32.1. The van der Waals surface area contributed by atoms with Gasteiger partial charge in [-0.05, 0) is 23.6 Å². The van der Waals surface area contributed by atoms with Crippen molar-refractivity contribution in [2.24, 2.45) is 0 Å². The number of methoxy groups -OCH3 is 1. The lowest BCUT2D eigenvalue weighted by Crippen LogP contribution is -2.17. The number of nitrogens with zero attached hydrogens (tertiary/aromatic N) is 2. The number of nitrogens with two attached hydrogens (primary N) is 1. The summed E-state index contributed by atoms with van der Waals surface area (Å²) >= 11 is 1.73. The average Bonchev–Trinajstić information content (AvgIpc) is 2.82. The summed E-state index contributed by atoms with van der Waals surface area (Å²) < 4.78 is 5.11. The Hall–Kier alpha value is -1.75. The Morgan fingerprint density at radius 3 is 2.88 bits per heavy atom. The van der Waals surface area contributed by atoms with E-state index in [0.29, 0.717) is 11.6 Å². The molecule has 2 heterocycles. The largest absolute Gasteiger partial charge is 0.479 e. The lowest BCUT2D eigenvalue weighted by atomic mass is 10.3. The van der Waals surface area contributed by atoms with Crippen molar-refractivity contribution < 1.29 is 4.74 Å². The maximum absolute atomic E-state index is 5.73. The molecule has 0 aliphatic carbocycles. The molecule has 0 bridgehead atoms. The zero-order valence-electron chi connectivity index (χ0n) is 9.88. The van der Waals surface area contributed by atoms with Gasteiger partial charge in [0.2, 0.25) is 5.88 Å². The van der Waals surface area contributed by atoms with Crippen LogP contribution in [0, 0.1) is 0 Å². The van der Waals surface area contributed by atoms with Gasteiger partial charge in [0, 0.05) is 11.9 Å². The lowest BCUT2D eigenvalue weighted by molar-refractivity contribution is 0.400. The predicted octanol–water partition coefficient (Wildman–Crippen LogP) is 2.37. The molecule has 2 N–H and O–H groups in total. The van der Waals surface area contributed by atoms with Crippen LogP contribution in [0.15, 0.2) is 29.6 Å². The van der Waals surface area contributed by atoms with Crippen LogP contribution in [0.4, 0.5) is 11.5 Å². The Balaban J connectivity index is 2.16. The Labute approximate surface area is 105 Å². The van der Waals surface area contributed by atoms with Gasteiger partial charge in [-0.25, -0.2) is 0 Å². The number of ether oxygens (including phenoxy) is 1. The van der Waals surface area contributed by atoms with Crippen molar-refractivity contribution in [2.75, 3.05) is 24.8 Å². The van der Waals surface area contributed by atoms with E-state index in [1.165, 1.54) is 4.88 Å². The Kier molecular flexibility index (Phi) is 3.49. The highest BCUT2D eigenvalue weighted by Crippen LogP contribution is 2.23. The number of hydrogen-bond donors (Lipinski definition) is 1. The fraction of sp³-hybridized carbons (Fsp3) is 0.250. The molecule has 5 heteroatoms. The number of thiophene rings is 1. The number of rotatable bonds is 4. The molecule has 0 aromatic carbocycles. The zero-order chi connectivity index (χ0) is 12.3. The average molecular weight is 249 g/mol. The van der Waals surface area contributed by atoms with Gasteiger partial charge in [0.25, 0.3) is 0 Å². The van der Waals surface area contributed by atoms with E-state index in [9.17, 15) is 0 Å². The standard InChI is InChI=1S/C12H15N3OS/c1-15(8-9-4-3-7-17-9)11-6-5-10(13)12(14-11)16-2/h3-7H,8,13H2,1-2H3. The summed E-state index contributed by atoms with van der Waals surface area (Å²) in [5, 5.41) is 2.07. The first-order chi connectivity index (χ1) is 8.20. The first kappa shape index (κ1) is 11.7. The van der Waals surface area contributed by atoms with Gasteiger partial charge in [0.05, 0.1) is 19.3 Å². The molecule has 17 heavy (non-hydrogen) atoms. The molecule has 0 fully saturated rings. The van der Waals surface area contributed by atoms with E-state index in [-0.39, 0.29) is 0 Å². The monoisotopic (exact) mass is 249 g/mol. The Morgan fingerprint density at radius 1 is 1.41 bits per heavy atom. The predicted molar refractivity (Wildman–Crippen MR) is 71.6 cm³/mol. The minimum Gasteiger partial charge on any atom is -0.479 e. The second kappa shape index (κ2) is 5.05. The summed E-state index contributed by atoms with van der Waals surface area (Å²) in [4.78, 5) is 7.71. The molecular weight excluding hydrogens is 234 g/mol. The SMILES string of the molecule is COc1nc(N(C)Cc2cccs2)ccc1N. The highest BCUT2D eigenvalue weighted by Gasteiger charge is 2.07. The van der Waals surface area contributed by atoms with Crippen LogP contribution in [0.2, 0.25) is 0 Å². The normalized spacial score (nSPS) is 10.2. The van der Waals surface area contributed by atoms with E-state index in [0.717, 1.165) is 12.4 Å². The molecule has 0 aliphatic rings. The molecular formula is C12H15N3OS. The van der Waals surface area contributed by atoms with Gasteiger partial charge in [0.1, 0.15) is 5.82 Å². The zero-order valence-corrected chi connectivity index (χ0v) is 10.7. The lowest BCUT2D eigenvalue weighted by Gasteiger charge is -2.18. The maximum Gasteiger partial charge on any atom is 0.238 e. The number of hydrogen-bond acceptors (Lipinski definition) is 5. The molecule has 2 rings (SSSR count). The Morgan fingerprint density at radius 2 is 2.24 bits per heavy atom. The van der Waals surface area contributed by atoms with Crippen LogP contribution in [-0.4, -0.2) is 19.1 Å². The second-order valence-electron chi connectivity index (χ2n) is 3.70. The van der Waals surface area contributed by atoms with Gasteiger partial charge in [-0.1, -0.05) is 6.07 Å². The summed E-state index contributed by atoms with van der Waals surface area (Å²) in [7, 11) is 3.57. The van der Waals surface area contributed by atoms with Gasteiger partial charge in [-0.3, -0.25) is 0 Å². The van der Waals surface area contributed by atoms with Crippen molar-refractivity contribution in [3.63, 3.8) is 0 Å². The molecule has 0 amide bonds. The van der Waals surface area contributed by atoms with Crippen LogP contribution in [0.5, 0.6) is 5.88 Å². The van der Waals surface area contributed by atoms with Gasteiger partial charge < -0.3 is 15.4 Å². The highest BCUT2D eigenvalue weighted by molar-refractivity contribution is 7.09. The van der Waals surface area contributed by atoms with E-state index in [1.807, 2.05) is 25.2 Å². The summed E-state index contributed by atoms with van der Waals surface area (Å²) in [5.41, 5.74) is 6.29. The molecule has 0 saturated heterocycles. The summed E-state index contributed by atoms with van der Waals surface area (Å²) in [5.74, 6) is 1.32. The fourth-order valence-corrected chi connectivity index (χ4v) is 2.29. The third kappa shape index (κ3) is 2.68. The van der Waals surface area contributed by atoms with Crippen molar-refractivity contribution in [3.05, 3.63) is 34.5 Å². The van der Waals surface area contributed by atoms with Crippen LogP contribution in [0.1, 0.15) is 4.88 Å². The van der Waals surface area contributed by atoms with Crippen LogP contribution in [0.25, 0.3) is 0 Å². The quantitative estimate of drug-likeness (QED) is 0.903. The van der Waals surface area contributed by atoms with Gasteiger partial charge in [-0.2, -0.15) is 4.98 Å². The third-order valence-electron chi connectivity index (χ3n) is 2.43. The second-order valence-corrected chi connectivity index (χ2v) is 4.74. The number of pyridine rings is 1. The number of aromatic nitrogens is 1. The van der Waals surface area contributed by atoms with Crippen molar-refractivity contribution in [3.8, 4) is 5.88 Å². The van der Waals surface area contributed by atoms with Crippen molar-refractivity contribution in [1.82, 2.24) is 4.98 Å². The van der Waals surface area contributed by atoms with E-state index in [4.69, 9.17) is 10.5 Å². The van der Waals surface area contributed by atoms with E-state index in [1.54, 1.807) is 18.4 Å². The summed E-state index contributed by atoms with van der Waals surface area (Å²) in [6, 6.07) is 7.86. The van der Waals surface area contributed by atoms with Crippen LogP contribution >= 0.6 is 11.3 Å². The Bertz CT molecular complexity index is 485. The molecule has 2 aromatic heterocycles. The van der Waals surface area contributed by atoms with E-state index < -0.39 is 0 Å². The first-order valence-electron chi connectivity index (χ1n) is 5.24. The molecule has 2 aromatic rings. The molecule has 90 valence electrons. The topological polar surface area (TPSA) is 51.4 Å². The number of nitrogen functional groups attached to an aromatic ring is 1. The van der Waals surface area contributed by atoms with Crippen molar-refractivity contribution in [2.45, 2.75) is 6.54 Å². The molecule has 0 radical (unpaired) electrons. The van der Waals surface area contributed by atoms with E-state index >= 15 is 0 Å². The van der Waals surface area contributed by atoms with E-state index in [2.05, 4.69) is 21.3 Å². The first-order valence-corrected chi connectivity index (χ1v) is 6.12. The van der Waals surface area contributed by atoms with Gasteiger partial charge >= 0.3 is 0 Å². The molecule has 0 saturated carbocycles. The van der Waals surface area contributed by atoms with Crippen LogP contribution in [-0.2, 0) is 6.54 Å². The van der Waals surface area contributed by atoms with Gasteiger partial charge in [0.15, 0.2) is 0 Å². The van der Waals surface area contributed by atoms with Crippen LogP contribution < -0.4 is 15.4 Å². The third-order valence-corrected chi connectivity index (χ3v) is 3.29. The smallest absolute Gasteiger partial charge is 0.238 e. The summed E-state index contributed by atoms with van der Waals surface area (Å²) in [6.45, 7) is 0.831. The number of anilines is 2. The molecule has 4 nitrogen and oxygen atoms in total. The van der Waals surface area contributed by atoms with Gasteiger partial charge in [-0.15, -0.1) is 11.3 Å². The van der Waals surface area contributed by atoms with Crippen molar-refractivity contribution >= 4 is 22.8 Å². The molecule has 0 unspecified atom stereocenters. The summed E-state index contributed by atoms with van der Waals surface area (Å²) in [6.07, 6.45) is 0. The minimum absolute atomic E-state index is 0.473. The molecule has 0 aliphatic heterocycles.